The lowest BCUT2D eigenvalue weighted by molar-refractivity contribution is -0.132. The zero-order valence-electron chi connectivity index (χ0n) is 12.6. The molecule has 1 saturated heterocycles. The molecule has 0 spiro atoms. The Morgan fingerprint density at radius 2 is 2.11 bits per heavy atom. The number of rotatable bonds is 7. The van der Waals surface area contributed by atoms with Crippen molar-refractivity contribution in [2.45, 2.75) is 58.5 Å². The smallest absolute Gasteiger partial charge is 0.243 e. The summed E-state index contributed by atoms with van der Waals surface area (Å²) in [6, 6.07) is 0.600. The molecule has 4 nitrogen and oxygen atoms in total. The molecule has 1 atom stereocenters. The third kappa shape index (κ3) is 3.69. The molecule has 1 N–H and O–H groups in total. The van der Waals surface area contributed by atoms with E-state index >= 15 is 0 Å². The second-order valence-corrected chi connectivity index (χ2v) is 5.87. The number of nitrogens with zero attached hydrogens (tertiary/aromatic N) is 2. The largest absolute Gasteiger partial charge is 0.328 e. The number of unbranched alkanes of at least 4 members (excludes halogenated alkanes) is 1. The summed E-state index contributed by atoms with van der Waals surface area (Å²) in [5.41, 5.74) is -0.325. The van der Waals surface area contributed by atoms with E-state index in [1.54, 1.807) is 0 Å². The van der Waals surface area contributed by atoms with Gasteiger partial charge in [-0.3, -0.25) is 10.1 Å². The molecule has 18 heavy (non-hydrogen) atoms. The molecule has 1 heterocycles. The fraction of sp³-hybridized carbons (Fsp3) is 0.929. The number of carbonyl (C=O) groups excluding carboxylic acids is 1. The predicted octanol–water partition coefficient (Wildman–Crippen LogP) is 1.66. The van der Waals surface area contributed by atoms with Crippen molar-refractivity contribution in [1.29, 1.82) is 0 Å². The summed E-state index contributed by atoms with van der Waals surface area (Å²) in [5.74, 6) is 0.266. The van der Waals surface area contributed by atoms with E-state index in [4.69, 9.17) is 0 Å². The molecule has 1 aliphatic heterocycles. The first-order chi connectivity index (χ1) is 8.40. The highest BCUT2D eigenvalue weighted by Crippen LogP contribution is 2.19. The highest BCUT2D eigenvalue weighted by molar-refractivity contribution is 5.87. The normalized spacial score (nSPS) is 24.6. The minimum absolute atomic E-state index is 0.266. The molecule has 0 aromatic rings. The summed E-state index contributed by atoms with van der Waals surface area (Å²) < 4.78 is 0. The topological polar surface area (TPSA) is 35.6 Å². The predicted molar refractivity (Wildman–Crippen MR) is 75.4 cm³/mol. The van der Waals surface area contributed by atoms with Gasteiger partial charge in [-0.15, -0.1) is 0 Å². The van der Waals surface area contributed by atoms with E-state index in [0.29, 0.717) is 12.7 Å². The van der Waals surface area contributed by atoms with E-state index < -0.39 is 0 Å². The lowest BCUT2D eigenvalue weighted by Gasteiger charge is -2.22. The van der Waals surface area contributed by atoms with E-state index in [1.165, 1.54) is 0 Å². The van der Waals surface area contributed by atoms with Crippen LogP contribution in [0.1, 0.15) is 47.0 Å². The van der Waals surface area contributed by atoms with Gasteiger partial charge in [0, 0.05) is 12.6 Å². The van der Waals surface area contributed by atoms with Crippen LogP contribution in [0, 0.1) is 0 Å². The first-order valence-corrected chi connectivity index (χ1v) is 7.15. The summed E-state index contributed by atoms with van der Waals surface area (Å²) in [6.07, 6.45) is 3.10. The van der Waals surface area contributed by atoms with E-state index in [1.807, 2.05) is 11.8 Å². The summed E-state index contributed by atoms with van der Waals surface area (Å²) in [5, 5.41) is 3.32. The van der Waals surface area contributed by atoms with Crippen molar-refractivity contribution in [3.63, 3.8) is 0 Å². The third-order valence-electron chi connectivity index (χ3n) is 4.20. The van der Waals surface area contributed by atoms with Crippen LogP contribution in [0.3, 0.4) is 0 Å². The Kier molecular flexibility index (Phi) is 5.60. The minimum atomic E-state index is -0.325. The zero-order valence-corrected chi connectivity index (χ0v) is 12.6. The van der Waals surface area contributed by atoms with Gasteiger partial charge in [-0.25, -0.2) is 0 Å². The molecule has 106 valence electrons. The van der Waals surface area contributed by atoms with Crippen molar-refractivity contribution in [1.82, 2.24) is 15.1 Å². The molecule has 0 aromatic heterocycles. The SMILES string of the molecule is CCC1(C)NCN(CCCCN(C)C(C)C)C1=O. The van der Waals surface area contributed by atoms with Crippen molar-refractivity contribution in [3.05, 3.63) is 0 Å². The van der Waals surface area contributed by atoms with E-state index in [-0.39, 0.29) is 11.4 Å². The first-order valence-electron chi connectivity index (χ1n) is 7.15. The van der Waals surface area contributed by atoms with Crippen molar-refractivity contribution < 1.29 is 4.79 Å². The fourth-order valence-corrected chi connectivity index (χ4v) is 2.15. The molecule has 0 bridgehead atoms. The average molecular weight is 255 g/mol. The lowest BCUT2D eigenvalue weighted by Crippen LogP contribution is -2.43. The maximum atomic E-state index is 12.1. The highest BCUT2D eigenvalue weighted by Gasteiger charge is 2.40. The number of carbonyl (C=O) groups is 1. The third-order valence-corrected chi connectivity index (χ3v) is 4.20. The van der Waals surface area contributed by atoms with Crippen LogP contribution in [-0.4, -0.2) is 54.1 Å². The lowest BCUT2D eigenvalue weighted by atomic mass is 9.99. The molecule has 0 saturated carbocycles. The van der Waals surface area contributed by atoms with E-state index in [9.17, 15) is 4.79 Å². The van der Waals surface area contributed by atoms with Gasteiger partial charge < -0.3 is 9.80 Å². The quantitative estimate of drug-likeness (QED) is 0.703. The molecule has 0 aliphatic carbocycles. The Morgan fingerprint density at radius 3 is 2.61 bits per heavy atom. The highest BCUT2D eigenvalue weighted by atomic mass is 16.2. The molecule has 0 aromatic carbocycles. The first kappa shape index (κ1) is 15.4. The second kappa shape index (κ2) is 6.53. The summed E-state index contributed by atoms with van der Waals surface area (Å²) in [4.78, 5) is 16.5. The zero-order chi connectivity index (χ0) is 13.8. The van der Waals surface area contributed by atoms with Gasteiger partial charge >= 0.3 is 0 Å². The van der Waals surface area contributed by atoms with Crippen LogP contribution in [-0.2, 0) is 4.79 Å². The van der Waals surface area contributed by atoms with Gasteiger partial charge in [-0.2, -0.15) is 0 Å². The van der Waals surface area contributed by atoms with Crippen LogP contribution in [0.15, 0.2) is 0 Å². The summed E-state index contributed by atoms with van der Waals surface area (Å²) in [7, 11) is 2.15. The Hall–Kier alpha value is -0.610. The molecular weight excluding hydrogens is 226 g/mol. The van der Waals surface area contributed by atoms with Crippen LogP contribution in [0.2, 0.25) is 0 Å². The van der Waals surface area contributed by atoms with E-state index in [2.05, 4.69) is 38.0 Å². The summed E-state index contributed by atoms with van der Waals surface area (Å²) >= 11 is 0. The van der Waals surface area contributed by atoms with Gasteiger partial charge in [0.25, 0.3) is 0 Å². The van der Waals surface area contributed by atoms with Crippen molar-refractivity contribution in [3.8, 4) is 0 Å². The number of nitrogens with one attached hydrogen (secondary N) is 1. The van der Waals surface area contributed by atoms with Gasteiger partial charge in [0.1, 0.15) is 0 Å². The molecule has 1 rings (SSSR count). The van der Waals surface area contributed by atoms with Gasteiger partial charge in [-0.05, 0) is 53.6 Å². The average Bonchev–Trinajstić information content (AvgIpc) is 2.63. The number of amides is 1. The van der Waals surface area contributed by atoms with Crippen molar-refractivity contribution in [2.24, 2.45) is 0 Å². The van der Waals surface area contributed by atoms with Crippen LogP contribution in [0.5, 0.6) is 0 Å². The van der Waals surface area contributed by atoms with Gasteiger partial charge in [0.15, 0.2) is 0 Å². The van der Waals surface area contributed by atoms with Crippen molar-refractivity contribution >= 4 is 5.91 Å². The molecule has 1 amide bonds. The molecule has 0 radical (unpaired) electrons. The molecule has 1 aliphatic rings. The van der Waals surface area contributed by atoms with Crippen molar-refractivity contribution in [2.75, 3.05) is 26.8 Å². The van der Waals surface area contributed by atoms with Crippen LogP contribution in [0.4, 0.5) is 0 Å². The number of hydrogen-bond acceptors (Lipinski definition) is 3. The van der Waals surface area contributed by atoms with Crippen LogP contribution >= 0.6 is 0 Å². The molecular formula is C14H29N3O. The summed E-state index contributed by atoms with van der Waals surface area (Å²) in [6.45, 7) is 11.2. The molecule has 1 unspecified atom stereocenters. The molecule has 1 fully saturated rings. The standard InChI is InChI=1S/C14H29N3O/c1-6-14(4)13(18)17(11-15-14)10-8-7-9-16(5)12(2)3/h12,15H,6-11H2,1-5H3. The maximum Gasteiger partial charge on any atom is 0.243 e. The molecule has 4 heteroatoms. The van der Waals surface area contributed by atoms with E-state index in [0.717, 1.165) is 32.4 Å². The Bertz CT molecular complexity index is 280. The second-order valence-electron chi connectivity index (χ2n) is 5.87. The Labute approximate surface area is 112 Å². The van der Waals surface area contributed by atoms with Crippen LogP contribution < -0.4 is 5.32 Å². The maximum absolute atomic E-state index is 12.1. The van der Waals surface area contributed by atoms with Gasteiger partial charge in [-0.1, -0.05) is 6.92 Å². The number of hydrogen-bond donors (Lipinski definition) is 1. The Balaban J connectivity index is 2.24. The van der Waals surface area contributed by atoms with Gasteiger partial charge in [0.05, 0.1) is 12.2 Å². The Morgan fingerprint density at radius 1 is 1.44 bits per heavy atom. The minimum Gasteiger partial charge on any atom is -0.328 e. The fourth-order valence-electron chi connectivity index (χ4n) is 2.15. The van der Waals surface area contributed by atoms with Gasteiger partial charge in [0.2, 0.25) is 5.91 Å². The van der Waals surface area contributed by atoms with Crippen LogP contribution in [0.25, 0.3) is 0 Å². The monoisotopic (exact) mass is 255 g/mol.